The molecule has 0 saturated heterocycles. The van der Waals surface area contributed by atoms with Gasteiger partial charge in [0.2, 0.25) is 0 Å². The second-order valence-corrected chi connectivity index (χ2v) is 6.26. The molecule has 0 aliphatic rings. The predicted molar refractivity (Wildman–Crippen MR) is 88.6 cm³/mol. The Morgan fingerprint density at radius 3 is 2.67 bits per heavy atom. The number of pyridine rings is 1. The molecule has 0 radical (unpaired) electrons. The van der Waals surface area contributed by atoms with Crippen molar-refractivity contribution in [3.63, 3.8) is 0 Å². The lowest BCUT2D eigenvalue weighted by atomic mass is 9.87. The van der Waals surface area contributed by atoms with E-state index in [1.165, 1.54) is 22.2 Å². The van der Waals surface area contributed by atoms with E-state index in [1.807, 2.05) is 12.3 Å². The van der Waals surface area contributed by atoms with Gasteiger partial charge >= 0.3 is 0 Å². The summed E-state index contributed by atoms with van der Waals surface area (Å²) >= 11 is 0. The molecule has 0 fully saturated rings. The Hall–Kier alpha value is -2.09. The maximum atomic E-state index is 4.42. The van der Waals surface area contributed by atoms with Crippen LogP contribution in [-0.4, -0.2) is 9.97 Å². The molecule has 0 bridgehead atoms. The fraction of sp³-hybridized carbons (Fsp3) is 0.316. The van der Waals surface area contributed by atoms with Gasteiger partial charge < -0.3 is 4.98 Å². The highest BCUT2D eigenvalue weighted by molar-refractivity contribution is 5.76. The van der Waals surface area contributed by atoms with Crippen molar-refractivity contribution in [3.8, 4) is 0 Å². The van der Waals surface area contributed by atoms with Crippen molar-refractivity contribution < 1.29 is 0 Å². The zero-order valence-electron chi connectivity index (χ0n) is 12.9. The first-order valence-corrected chi connectivity index (χ1v) is 7.63. The molecular formula is C19H22N2. The molecule has 2 heterocycles. The van der Waals surface area contributed by atoms with Crippen molar-refractivity contribution in [2.75, 3.05) is 0 Å². The first-order valence-electron chi connectivity index (χ1n) is 7.63. The van der Waals surface area contributed by atoms with Crippen LogP contribution in [0.3, 0.4) is 0 Å². The van der Waals surface area contributed by atoms with E-state index < -0.39 is 0 Å². The Morgan fingerprint density at radius 1 is 1.10 bits per heavy atom. The van der Waals surface area contributed by atoms with Crippen LogP contribution in [0.1, 0.15) is 43.0 Å². The minimum absolute atomic E-state index is 0.402. The number of fused-ring (bicyclic) bond motifs is 1. The maximum Gasteiger partial charge on any atom is 0.137 e. The third-order valence-corrected chi connectivity index (χ3v) is 3.94. The molecular weight excluding hydrogens is 256 g/mol. The van der Waals surface area contributed by atoms with Crippen LogP contribution < -0.4 is 0 Å². The summed E-state index contributed by atoms with van der Waals surface area (Å²) in [5, 5.41) is 1.19. The summed E-state index contributed by atoms with van der Waals surface area (Å²) in [6, 6.07) is 15.2. The molecule has 1 N–H and O–H groups in total. The van der Waals surface area contributed by atoms with Gasteiger partial charge in [-0.05, 0) is 43.0 Å². The van der Waals surface area contributed by atoms with E-state index in [0.717, 1.165) is 12.1 Å². The van der Waals surface area contributed by atoms with E-state index in [0.29, 0.717) is 11.8 Å². The number of aromatic nitrogens is 2. The molecule has 2 aromatic heterocycles. The molecule has 1 atom stereocenters. The highest BCUT2D eigenvalue weighted by atomic mass is 14.9. The van der Waals surface area contributed by atoms with Gasteiger partial charge in [0.1, 0.15) is 5.65 Å². The molecule has 0 aliphatic carbocycles. The predicted octanol–water partition coefficient (Wildman–Crippen LogP) is 5.05. The number of rotatable bonds is 4. The molecule has 2 heteroatoms. The van der Waals surface area contributed by atoms with Crippen LogP contribution >= 0.6 is 0 Å². The third kappa shape index (κ3) is 2.99. The van der Waals surface area contributed by atoms with E-state index in [4.69, 9.17) is 0 Å². The first-order chi connectivity index (χ1) is 10.1. The van der Waals surface area contributed by atoms with Gasteiger partial charge in [0.15, 0.2) is 0 Å². The molecule has 2 nitrogen and oxygen atoms in total. The average molecular weight is 278 g/mol. The molecule has 108 valence electrons. The van der Waals surface area contributed by atoms with Crippen LogP contribution in [0.2, 0.25) is 0 Å². The van der Waals surface area contributed by atoms with Crippen molar-refractivity contribution in [1.29, 1.82) is 0 Å². The Bertz CT molecular complexity index is 707. The second-order valence-electron chi connectivity index (χ2n) is 6.26. The first kappa shape index (κ1) is 13.9. The summed E-state index contributed by atoms with van der Waals surface area (Å²) in [5.74, 6) is 1.05. The summed E-state index contributed by atoms with van der Waals surface area (Å²) in [5.41, 5.74) is 4.95. The average Bonchev–Trinajstić information content (AvgIpc) is 2.88. The number of benzene rings is 1. The van der Waals surface area contributed by atoms with Gasteiger partial charge in [-0.25, -0.2) is 4.98 Å². The standard InChI is InChI=1S/C19H22N2/c1-13(2)10-17(15-7-4-6-14(3)11-15)18-12-16-8-5-9-20-19(16)21-18/h4-9,11-13,17H,10H2,1-3H3,(H,20,21)/t17-/m1/s1. The van der Waals surface area contributed by atoms with Gasteiger partial charge in [0.05, 0.1) is 0 Å². The van der Waals surface area contributed by atoms with Gasteiger partial charge in [-0.2, -0.15) is 0 Å². The highest BCUT2D eigenvalue weighted by Gasteiger charge is 2.18. The van der Waals surface area contributed by atoms with Crippen molar-refractivity contribution in [1.82, 2.24) is 9.97 Å². The second kappa shape index (κ2) is 5.72. The van der Waals surface area contributed by atoms with Gasteiger partial charge in [-0.1, -0.05) is 43.7 Å². The van der Waals surface area contributed by atoms with Crippen molar-refractivity contribution in [2.45, 2.75) is 33.1 Å². The molecule has 1 aromatic carbocycles. The lowest BCUT2D eigenvalue weighted by Crippen LogP contribution is -2.05. The fourth-order valence-electron chi connectivity index (χ4n) is 2.97. The number of hydrogen-bond acceptors (Lipinski definition) is 1. The van der Waals surface area contributed by atoms with Gasteiger partial charge in [0.25, 0.3) is 0 Å². The van der Waals surface area contributed by atoms with Crippen LogP contribution in [0, 0.1) is 12.8 Å². The van der Waals surface area contributed by atoms with Crippen LogP contribution in [0.4, 0.5) is 0 Å². The fourth-order valence-corrected chi connectivity index (χ4v) is 2.97. The van der Waals surface area contributed by atoms with E-state index in [2.05, 4.69) is 67.1 Å². The zero-order chi connectivity index (χ0) is 14.8. The van der Waals surface area contributed by atoms with Gasteiger partial charge in [-0.3, -0.25) is 0 Å². The maximum absolute atomic E-state index is 4.42. The van der Waals surface area contributed by atoms with E-state index in [-0.39, 0.29) is 0 Å². The SMILES string of the molecule is Cc1cccc([C@@H](CC(C)C)c2cc3cccnc3[nH]2)c1. The van der Waals surface area contributed by atoms with Crippen molar-refractivity contribution in [2.24, 2.45) is 5.92 Å². The van der Waals surface area contributed by atoms with Gasteiger partial charge in [-0.15, -0.1) is 0 Å². The Morgan fingerprint density at radius 2 is 1.95 bits per heavy atom. The van der Waals surface area contributed by atoms with Crippen LogP contribution in [0.25, 0.3) is 11.0 Å². The topological polar surface area (TPSA) is 28.7 Å². The molecule has 0 spiro atoms. The summed E-state index contributed by atoms with van der Waals surface area (Å²) < 4.78 is 0. The number of hydrogen-bond donors (Lipinski definition) is 1. The molecule has 0 amide bonds. The normalized spacial score (nSPS) is 13.0. The van der Waals surface area contributed by atoms with Crippen LogP contribution in [-0.2, 0) is 0 Å². The number of H-pyrrole nitrogens is 1. The number of aromatic amines is 1. The Kier molecular flexibility index (Phi) is 3.78. The quantitative estimate of drug-likeness (QED) is 0.711. The number of aryl methyl sites for hydroxylation is 1. The van der Waals surface area contributed by atoms with Gasteiger partial charge in [0, 0.05) is 23.2 Å². The molecule has 0 unspecified atom stereocenters. The van der Waals surface area contributed by atoms with Crippen LogP contribution in [0.15, 0.2) is 48.7 Å². The molecule has 21 heavy (non-hydrogen) atoms. The Labute approximate surface area is 126 Å². The zero-order valence-corrected chi connectivity index (χ0v) is 12.9. The number of nitrogens with zero attached hydrogens (tertiary/aromatic N) is 1. The van der Waals surface area contributed by atoms with E-state index in [1.54, 1.807) is 0 Å². The highest BCUT2D eigenvalue weighted by Crippen LogP contribution is 2.32. The molecule has 3 rings (SSSR count). The summed E-state index contributed by atoms with van der Waals surface area (Å²) in [6.45, 7) is 6.72. The monoisotopic (exact) mass is 278 g/mol. The lowest BCUT2D eigenvalue weighted by molar-refractivity contribution is 0.536. The largest absolute Gasteiger partial charge is 0.343 e. The third-order valence-electron chi connectivity index (χ3n) is 3.94. The molecule has 0 saturated carbocycles. The molecule has 0 aliphatic heterocycles. The van der Waals surface area contributed by atoms with Crippen LogP contribution in [0.5, 0.6) is 0 Å². The summed E-state index contributed by atoms with van der Waals surface area (Å²) in [4.78, 5) is 7.93. The molecule has 3 aromatic rings. The summed E-state index contributed by atoms with van der Waals surface area (Å²) in [7, 11) is 0. The minimum Gasteiger partial charge on any atom is -0.343 e. The van der Waals surface area contributed by atoms with E-state index >= 15 is 0 Å². The smallest absolute Gasteiger partial charge is 0.137 e. The Balaban J connectivity index is 2.06. The van der Waals surface area contributed by atoms with Crippen molar-refractivity contribution in [3.05, 3.63) is 65.5 Å². The lowest BCUT2D eigenvalue weighted by Gasteiger charge is -2.19. The van der Waals surface area contributed by atoms with E-state index in [9.17, 15) is 0 Å². The summed E-state index contributed by atoms with van der Waals surface area (Å²) in [6.07, 6.45) is 2.98. The van der Waals surface area contributed by atoms with Crippen molar-refractivity contribution >= 4 is 11.0 Å². The number of nitrogens with one attached hydrogen (secondary N) is 1. The minimum atomic E-state index is 0.402.